The number of carbonyl (C=O) groups is 2. The molecule has 0 heterocycles. The number of carbonyl (C=O) groups excluding carboxylic acids is 2. The highest BCUT2D eigenvalue weighted by molar-refractivity contribution is 5.68. The minimum Gasteiger partial charge on any atom is -0.554 e. The van der Waals surface area contributed by atoms with E-state index in [0.717, 1.165) is 12.8 Å². The molecule has 0 atom stereocenters. The van der Waals surface area contributed by atoms with Gasteiger partial charge >= 0.3 is 5.91 Å². The Morgan fingerprint density at radius 1 is 0.600 bits per heavy atom. The van der Waals surface area contributed by atoms with Gasteiger partial charge in [0, 0.05) is 6.47 Å². The molecule has 0 aliphatic heterocycles. The SMILES string of the molecule is CCCCCCCCCCCCCCCCCCCCCC(=O)[N+](C)(C)C.O=C[O-]. The molecule has 0 aliphatic rings. The molecule has 4 heteroatoms. The van der Waals surface area contributed by atoms with Crippen LogP contribution in [-0.2, 0) is 9.59 Å². The molecule has 0 spiro atoms. The van der Waals surface area contributed by atoms with Gasteiger partial charge in [0.1, 0.15) is 0 Å². The molecule has 0 aromatic heterocycles. The Balaban J connectivity index is 0. The van der Waals surface area contributed by atoms with Crippen LogP contribution in [-0.4, -0.2) is 38.0 Å². The van der Waals surface area contributed by atoms with Crippen LogP contribution in [0.2, 0.25) is 0 Å². The summed E-state index contributed by atoms with van der Waals surface area (Å²) in [5.41, 5.74) is 0. The molecule has 0 bridgehead atoms. The fourth-order valence-corrected chi connectivity index (χ4v) is 3.69. The molecule has 0 aliphatic carbocycles. The molecule has 1 amide bonds. The minimum atomic E-state index is -0.500. The lowest BCUT2D eigenvalue weighted by molar-refractivity contribution is -0.792. The monoisotopic (exact) mass is 427 g/mol. The van der Waals surface area contributed by atoms with E-state index in [4.69, 9.17) is 9.90 Å². The number of hydrogen-bond acceptors (Lipinski definition) is 3. The molecule has 0 aromatic rings. The van der Waals surface area contributed by atoms with E-state index < -0.39 is 6.47 Å². The Kier molecular flexibility index (Phi) is 25.4. The average molecular weight is 428 g/mol. The summed E-state index contributed by atoms with van der Waals surface area (Å²) in [5.74, 6) is 0.363. The van der Waals surface area contributed by atoms with Crippen molar-refractivity contribution in [3.05, 3.63) is 0 Å². The molecule has 0 unspecified atom stereocenters. The number of hydrogen-bond donors (Lipinski definition) is 0. The summed E-state index contributed by atoms with van der Waals surface area (Å²) in [4.78, 5) is 20.1. The number of unbranched alkanes of at least 4 members (excludes halogenated alkanes) is 18. The van der Waals surface area contributed by atoms with Crippen molar-refractivity contribution < 1.29 is 19.2 Å². The van der Waals surface area contributed by atoms with E-state index in [1.807, 2.05) is 21.1 Å². The maximum atomic E-state index is 11.8. The minimum absolute atomic E-state index is 0.363. The summed E-state index contributed by atoms with van der Waals surface area (Å²) >= 11 is 0. The fraction of sp³-hybridized carbons (Fsp3) is 0.923. The van der Waals surface area contributed by atoms with Gasteiger partial charge in [-0.3, -0.25) is 4.48 Å². The van der Waals surface area contributed by atoms with Crippen LogP contribution in [0.1, 0.15) is 135 Å². The van der Waals surface area contributed by atoms with Crippen molar-refractivity contribution in [2.24, 2.45) is 0 Å². The summed E-state index contributed by atoms with van der Waals surface area (Å²) in [7, 11) is 5.91. The zero-order valence-electron chi connectivity index (χ0n) is 20.9. The standard InChI is InChI=1S/C25H52NO.CH2O2/c1-5-6-7-8-9-10-11-12-13-14-15-16-17-18-19-20-21-22-23-24-25(27)26(2,3)4;2-1-3/h5-24H2,1-4H3;1H,(H,2,3)/q+1;/p-1. The van der Waals surface area contributed by atoms with E-state index in [0.29, 0.717) is 10.4 Å². The van der Waals surface area contributed by atoms with Gasteiger partial charge in [0.25, 0.3) is 0 Å². The van der Waals surface area contributed by atoms with E-state index in [1.54, 1.807) is 0 Å². The van der Waals surface area contributed by atoms with Gasteiger partial charge < -0.3 is 9.90 Å². The number of carboxylic acid groups (broad SMARTS) is 1. The van der Waals surface area contributed by atoms with Crippen molar-refractivity contribution in [2.45, 2.75) is 135 Å². The first-order chi connectivity index (χ1) is 14.4. The first-order valence-corrected chi connectivity index (χ1v) is 12.8. The Bertz CT molecular complexity index is 364. The second-order valence-corrected chi connectivity index (χ2v) is 9.62. The Morgan fingerprint density at radius 2 is 0.833 bits per heavy atom. The summed E-state index contributed by atoms with van der Waals surface area (Å²) in [6, 6.07) is 0. The van der Waals surface area contributed by atoms with Crippen LogP contribution in [0.15, 0.2) is 0 Å². The van der Waals surface area contributed by atoms with Gasteiger partial charge in [0.05, 0.1) is 27.6 Å². The van der Waals surface area contributed by atoms with E-state index in [9.17, 15) is 4.79 Å². The zero-order valence-corrected chi connectivity index (χ0v) is 20.9. The van der Waals surface area contributed by atoms with Crippen molar-refractivity contribution in [2.75, 3.05) is 21.1 Å². The van der Waals surface area contributed by atoms with Gasteiger partial charge in [-0.1, -0.05) is 122 Å². The van der Waals surface area contributed by atoms with Crippen LogP contribution in [0, 0.1) is 0 Å². The number of rotatable bonds is 20. The van der Waals surface area contributed by atoms with Gasteiger partial charge in [-0.15, -0.1) is 0 Å². The Hall–Kier alpha value is -0.900. The summed E-state index contributed by atoms with van der Waals surface area (Å²) in [6.45, 7) is 1.79. The molecule has 180 valence electrons. The van der Waals surface area contributed by atoms with Crippen LogP contribution >= 0.6 is 0 Å². The van der Waals surface area contributed by atoms with Crippen LogP contribution in [0.3, 0.4) is 0 Å². The van der Waals surface area contributed by atoms with E-state index in [2.05, 4.69) is 6.92 Å². The lowest BCUT2D eigenvalue weighted by Crippen LogP contribution is -2.40. The molecule has 0 saturated carbocycles. The van der Waals surface area contributed by atoms with Crippen molar-refractivity contribution in [3.63, 3.8) is 0 Å². The molecule has 0 rings (SSSR count). The predicted molar refractivity (Wildman–Crippen MR) is 127 cm³/mol. The lowest BCUT2D eigenvalue weighted by atomic mass is 10.0. The number of amides is 1. The van der Waals surface area contributed by atoms with E-state index in [-0.39, 0.29) is 0 Å². The van der Waals surface area contributed by atoms with Crippen LogP contribution < -0.4 is 5.11 Å². The van der Waals surface area contributed by atoms with Crippen LogP contribution in [0.5, 0.6) is 0 Å². The van der Waals surface area contributed by atoms with Crippen molar-refractivity contribution in [1.82, 2.24) is 0 Å². The van der Waals surface area contributed by atoms with Crippen LogP contribution in [0.4, 0.5) is 0 Å². The summed E-state index contributed by atoms with van der Waals surface area (Å²) < 4.78 is 0.471. The van der Waals surface area contributed by atoms with Crippen molar-refractivity contribution >= 4 is 12.4 Å². The smallest absolute Gasteiger partial charge is 0.313 e. The van der Waals surface area contributed by atoms with Gasteiger partial charge in [0.15, 0.2) is 0 Å². The van der Waals surface area contributed by atoms with Crippen LogP contribution in [0.25, 0.3) is 0 Å². The molecule has 0 saturated heterocycles. The number of nitrogens with zero attached hydrogens (tertiary/aromatic N) is 1. The van der Waals surface area contributed by atoms with Gasteiger partial charge in [-0.05, 0) is 6.42 Å². The molecule has 0 fully saturated rings. The Morgan fingerprint density at radius 3 is 1.07 bits per heavy atom. The molecule has 0 aromatic carbocycles. The largest absolute Gasteiger partial charge is 0.554 e. The highest BCUT2D eigenvalue weighted by atomic mass is 16.3. The second kappa shape index (κ2) is 24.4. The van der Waals surface area contributed by atoms with Gasteiger partial charge in [0.2, 0.25) is 0 Å². The predicted octanol–water partition coefficient (Wildman–Crippen LogP) is 6.41. The third-order valence-electron chi connectivity index (χ3n) is 5.74. The maximum absolute atomic E-state index is 11.8. The quantitative estimate of drug-likeness (QED) is 0.128. The highest BCUT2D eigenvalue weighted by Gasteiger charge is 2.18. The second-order valence-electron chi connectivity index (χ2n) is 9.62. The van der Waals surface area contributed by atoms with Gasteiger partial charge in [-0.2, -0.15) is 0 Å². The van der Waals surface area contributed by atoms with E-state index >= 15 is 0 Å². The maximum Gasteiger partial charge on any atom is 0.313 e. The summed E-state index contributed by atoms with van der Waals surface area (Å²) in [5, 5.41) is 8.25. The van der Waals surface area contributed by atoms with Gasteiger partial charge in [-0.25, -0.2) is 4.79 Å². The van der Waals surface area contributed by atoms with E-state index in [1.165, 1.54) is 116 Å². The van der Waals surface area contributed by atoms with Crippen molar-refractivity contribution in [1.29, 1.82) is 0 Å². The lowest BCUT2D eigenvalue weighted by Gasteiger charge is -2.20. The topological polar surface area (TPSA) is 57.2 Å². The first-order valence-electron chi connectivity index (χ1n) is 12.8. The highest BCUT2D eigenvalue weighted by Crippen LogP contribution is 2.15. The van der Waals surface area contributed by atoms with Crippen molar-refractivity contribution in [3.8, 4) is 0 Å². The molecule has 0 N–H and O–H groups in total. The average Bonchev–Trinajstić information content (AvgIpc) is 2.69. The fourth-order valence-electron chi connectivity index (χ4n) is 3.69. The molecular formula is C26H53NO3. The Labute approximate surface area is 188 Å². The molecule has 30 heavy (non-hydrogen) atoms. The molecule has 4 nitrogen and oxygen atoms in total. The third-order valence-corrected chi connectivity index (χ3v) is 5.74. The normalized spacial score (nSPS) is 11.1. The zero-order chi connectivity index (χ0) is 22.9. The molecule has 0 radical (unpaired) electrons. The summed E-state index contributed by atoms with van der Waals surface area (Å²) in [6.07, 6.45) is 27.3. The number of quaternary nitrogens is 1. The third kappa shape index (κ3) is 27.1. The first kappa shape index (κ1) is 31.3. The molecular weight excluding hydrogens is 374 g/mol.